The van der Waals surface area contributed by atoms with E-state index < -0.39 is 0 Å². The molecule has 0 radical (unpaired) electrons. The van der Waals surface area contributed by atoms with E-state index in [9.17, 15) is 9.90 Å². The summed E-state index contributed by atoms with van der Waals surface area (Å²) >= 11 is 0. The molecule has 1 aromatic rings. The van der Waals surface area contributed by atoms with Crippen LogP contribution in [0.25, 0.3) is 0 Å². The van der Waals surface area contributed by atoms with Crippen LogP contribution >= 0.6 is 0 Å². The van der Waals surface area contributed by atoms with Crippen molar-refractivity contribution in [3.05, 3.63) is 35.9 Å². The van der Waals surface area contributed by atoms with Crippen LogP contribution < -0.4 is 5.32 Å². The zero-order valence-electron chi connectivity index (χ0n) is 14.3. The maximum atomic E-state index is 13.0. The average Bonchev–Trinajstić information content (AvgIpc) is 3.32. The van der Waals surface area contributed by atoms with Gasteiger partial charge in [-0.1, -0.05) is 43.2 Å². The second-order valence-electron chi connectivity index (χ2n) is 7.85. The van der Waals surface area contributed by atoms with Gasteiger partial charge in [0, 0.05) is 12.1 Å². The van der Waals surface area contributed by atoms with E-state index in [1.807, 2.05) is 0 Å². The van der Waals surface area contributed by atoms with Gasteiger partial charge in [0.05, 0.1) is 18.1 Å². The van der Waals surface area contributed by atoms with Crippen molar-refractivity contribution in [3.8, 4) is 0 Å². The van der Waals surface area contributed by atoms with Crippen LogP contribution in [0.1, 0.15) is 56.6 Å². The zero-order valence-corrected chi connectivity index (χ0v) is 14.3. The summed E-state index contributed by atoms with van der Waals surface area (Å²) in [5.41, 5.74) is 0.975. The third-order valence-corrected chi connectivity index (χ3v) is 6.46. The van der Waals surface area contributed by atoms with Crippen LogP contribution in [0.4, 0.5) is 0 Å². The first kappa shape index (κ1) is 16.1. The number of fused-ring (bicyclic) bond motifs is 1. The molecule has 2 saturated heterocycles. The molecule has 130 valence electrons. The second-order valence-corrected chi connectivity index (χ2v) is 7.85. The molecule has 4 rings (SSSR count). The van der Waals surface area contributed by atoms with Crippen molar-refractivity contribution in [3.63, 3.8) is 0 Å². The van der Waals surface area contributed by atoms with Gasteiger partial charge < -0.3 is 10.4 Å². The summed E-state index contributed by atoms with van der Waals surface area (Å²) in [6, 6.07) is 11.3. The second kappa shape index (κ2) is 6.49. The van der Waals surface area contributed by atoms with Gasteiger partial charge in [-0.05, 0) is 44.2 Å². The number of amides is 1. The number of nitrogens with zero attached hydrogens (tertiary/aromatic N) is 1. The number of hydrogen-bond donors (Lipinski definition) is 2. The fraction of sp³-hybridized carbons (Fsp3) is 0.650. The molecular weight excluding hydrogens is 300 g/mol. The van der Waals surface area contributed by atoms with E-state index >= 15 is 0 Å². The quantitative estimate of drug-likeness (QED) is 0.893. The third kappa shape index (κ3) is 2.76. The fourth-order valence-electron chi connectivity index (χ4n) is 5.18. The van der Waals surface area contributed by atoms with Crippen LogP contribution in [0, 0.1) is 5.92 Å². The van der Waals surface area contributed by atoms with Gasteiger partial charge in [0.1, 0.15) is 0 Å². The van der Waals surface area contributed by atoms with Gasteiger partial charge in [-0.3, -0.25) is 9.69 Å². The summed E-state index contributed by atoms with van der Waals surface area (Å²) in [6.07, 6.45) is 7.25. The molecule has 1 saturated carbocycles. The molecule has 4 heteroatoms. The number of nitrogens with one attached hydrogen (secondary N) is 1. The Labute approximate surface area is 144 Å². The van der Waals surface area contributed by atoms with Crippen LogP contribution in [0.5, 0.6) is 0 Å². The molecular formula is C20H28N2O2. The minimum absolute atomic E-state index is 0.0572. The Bertz CT molecular complexity index is 583. The van der Waals surface area contributed by atoms with E-state index in [2.05, 4.69) is 40.5 Å². The standard InChI is InChI=1S/C20H28N2O2/c23-14-20(10-4-5-11-20)21-19(24)16-13-18(15-7-2-1-3-8-15)22-12-6-9-17(16)22/h1-3,7-8,16-18,23H,4-6,9-14H2,(H,21,24)/t16-,17+,18-/m0/s1. The lowest BCUT2D eigenvalue weighted by Gasteiger charge is -2.30. The van der Waals surface area contributed by atoms with Crippen molar-refractivity contribution in [1.29, 1.82) is 0 Å². The van der Waals surface area contributed by atoms with Crippen molar-refractivity contribution >= 4 is 5.91 Å². The highest BCUT2D eigenvalue weighted by Gasteiger charge is 2.48. The van der Waals surface area contributed by atoms with Gasteiger partial charge in [0.2, 0.25) is 5.91 Å². The molecule has 3 fully saturated rings. The third-order valence-electron chi connectivity index (χ3n) is 6.46. The molecule has 0 aromatic heterocycles. The molecule has 0 unspecified atom stereocenters. The van der Waals surface area contributed by atoms with Gasteiger partial charge in [0.25, 0.3) is 0 Å². The van der Waals surface area contributed by atoms with Crippen molar-refractivity contribution < 1.29 is 9.90 Å². The van der Waals surface area contributed by atoms with E-state index in [1.54, 1.807) is 0 Å². The molecule has 4 nitrogen and oxygen atoms in total. The minimum Gasteiger partial charge on any atom is -0.394 e. The molecule has 0 spiro atoms. The highest BCUT2D eigenvalue weighted by molar-refractivity contribution is 5.81. The first-order valence-electron chi connectivity index (χ1n) is 9.46. The monoisotopic (exact) mass is 328 g/mol. The van der Waals surface area contributed by atoms with E-state index in [0.717, 1.165) is 45.1 Å². The molecule has 2 N–H and O–H groups in total. The van der Waals surface area contributed by atoms with Gasteiger partial charge >= 0.3 is 0 Å². The van der Waals surface area contributed by atoms with Crippen LogP contribution in [-0.4, -0.2) is 40.6 Å². The Morgan fingerprint density at radius 2 is 1.96 bits per heavy atom. The minimum atomic E-state index is -0.356. The zero-order chi connectivity index (χ0) is 16.6. The number of carbonyl (C=O) groups excluding carboxylic acids is 1. The van der Waals surface area contributed by atoms with Gasteiger partial charge in [-0.15, -0.1) is 0 Å². The van der Waals surface area contributed by atoms with Gasteiger partial charge in [-0.2, -0.15) is 0 Å². The van der Waals surface area contributed by atoms with Crippen LogP contribution in [-0.2, 0) is 4.79 Å². The Morgan fingerprint density at radius 3 is 2.67 bits per heavy atom. The maximum absolute atomic E-state index is 13.0. The number of rotatable bonds is 4. The predicted molar refractivity (Wildman–Crippen MR) is 93.4 cm³/mol. The lowest BCUT2D eigenvalue weighted by Crippen LogP contribution is -2.52. The molecule has 2 aliphatic heterocycles. The number of benzene rings is 1. The molecule has 0 bridgehead atoms. The molecule has 2 heterocycles. The Morgan fingerprint density at radius 1 is 1.21 bits per heavy atom. The summed E-state index contributed by atoms with van der Waals surface area (Å²) in [4.78, 5) is 15.6. The summed E-state index contributed by atoms with van der Waals surface area (Å²) in [5, 5.41) is 13.1. The number of hydrogen-bond acceptors (Lipinski definition) is 3. The number of aliphatic hydroxyl groups excluding tert-OH is 1. The van der Waals surface area contributed by atoms with Crippen molar-refractivity contribution in [2.45, 2.75) is 62.6 Å². The summed E-state index contributed by atoms with van der Waals surface area (Å²) < 4.78 is 0. The largest absolute Gasteiger partial charge is 0.394 e. The Kier molecular flexibility index (Phi) is 4.35. The number of aliphatic hydroxyl groups is 1. The van der Waals surface area contributed by atoms with Gasteiger partial charge in [-0.25, -0.2) is 0 Å². The van der Waals surface area contributed by atoms with Crippen molar-refractivity contribution in [2.75, 3.05) is 13.2 Å². The molecule has 24 heavy (non-hydrogen) atoms. The fourth-order valence-corrected chi connectivity index (χ4v) is 5.18. The van der Waals surface area contributed by atoms with E-state index in [0.29, 0.717) is 12.1 Å². The summed E-state index contributed by atoms with van der Waals surface area (Å²) in [7, 11) is 0. The summed E-state index contributed by atoms with van der Waals surface area (Å²) in [6.45, 7) is 1.17. The Hall–Kier alpha value is -1.39. The van der Waals surface area contributed by atoms with Crippen molar-refractivity contribution in [2.24, 2.45) is 5.92 Å². The first-order chi connectivity index (χ1) is 11.7. The molecule has 3 aliphatic rings. The van der Waals surface area contributed by atoms with Crippen molar-refractivity contribution in [1.82, 2.24) is 10.2 Å². The smallest absolute Gasteiger partial charge is 0.225 e. The molecule has 1 aromatic carbocycles. The lowest BCUT2D eigenvalue weighted by molar-refractivity contribution is -0.128. The van der Waals surface area contributed by atoms with Gasteiger partial charge in [0.15, 0.2) is 0 Å². The van der Waals surface area contributed by atoms with E-state index in [1.165, 1.54) is 12.0 Å². The summed E-state index contributed by atoms with van der Waals surface area (Å²) in [5.74, 6) is 0.225. The highest BCUT2D eigenvalue weighted by Crippen LogP contribution is 2.45. The topological polar surface area (TPSA) is 52.6 Å². The number of carbonyl (C=O) groups is 1. The average molecular weight is 328 g/mol. The first-order valence-corrected chi connectivity index (χ1v) is 9.46. The van der Waals surface area contributed by atoms with Crippen LogP contribution in [0.3, 0.4) is 0 Å². The van der Waals surface area contributed by atoms with E-state index in [4.69, 9.17) is 0 Å². The SMILES string of the molecule is O=C(NC1(CO)CCCC1)[C@H]1C[C@@H](c2ccccc2)N2CCC[C@H]12. The van der Waals surface area contributed by atoms with E-state index in [-0.39, 0.29) is 24.0 Å². The highest BCUT2D eigenvalue weighted by atomic mass is 16.3. The normalized spacial score (nSPS) is 32.0. The Balaban J connectivity index is 1.52. The van der Waals surface area contributed by atoms with Crippen LogP contribution in [0.15, 0.2) is 30.3 Å². The lowest BCUT2D eigenvalue weighted by atomic mass is 9.91. The maximum Gasteiger partial charge on any atom is 0.225 e. The molecule has 1 aliphatic carbocycles. The van der Waals surface area contributed by atoms with Crippen LogP contribution in [0.2, 0.25) is 0 Å². The molecule has 3 atom stereocenters. The molecule has 1 amide bonds. The predicted octanol–water partition coefficient (Wildman–Crippen LogP) is 2.63.